The standard InChI is InChI=1S/C17H22ClN3/c1-2-9-21-10-7-12(11-19)17(21)14-5-6-15(18)13-4-3-8-20-16(13)14/h3-6,8,12,17H,2,7,9-11,19H2,1H3. The summed E-state index contributed by atoms with van der Waals surface area (Å²) in [5.41, 5.74) is 8.32. The highest BCUT2D eigenvalue weighted by Crippen LogP contribution is 2.40. The summed E-state index contributed by atoms with van der Waals surface area (Å²) < 4.78 is 0. The van der Waals surface area contributed by atoms with Gasteiger partial charge in [-0.15, -0.1) is 0 Å². The Morgan fingerprint density at radius 2 is 2.24 bits per heavy atom. The van der Waals surface area contributed by atoms with E-state index >= 15 is 0 Å². The lowest BCUT2D eigenvalue weighted by Gasteiger charge is -2.28. The van der Waals surface area contributed by atoms with Crippen LogP contribution in [0.5, 0.6) is 0 Å². The predicted molar refractivity (Wildman–Crippen MR) is 88.5 cm³/mol. The van der Waals surface area contributed by atoms with Gasteiger partial charge in [0.05, 0.1) is 5.52 Å². The highest BCUT2D eigenvalue weighted by Gasteiger charge is 2.35. The molecule has 0 aliphatic carbocycles. The maximum Gasteiger partial charge on any atom is 0.0764 e. The van der Waals surface area contributed by atoms with Crippen LogP contribution in [0, 0.1) is 5.92 Å². The maximum atomic E-state index is 6.33. The molecule has 4 heteroatoms. The highest BCUT2D eigenvalue weighted by atomic mass is 35.5. The van der Waals surface area contributed by atoms with Gasteiger partial charge in [0.15, 0.2) is 0 Å². The van der Waals surface area contributed by atoms with Gasteiger partial charge in [-0.3, -0.25) is 9.88 Å². The maximum absolute atomic E-state index is 6.33. The first-order chi connectivity index (χ1) is 10.3. The molecule has 1 fully saturated rings. The van der Waals surface area contributed by atoms with E-state index < -0.39 is 0 Å². The van der Waals surface area contributed by atoms with E-state index in [1.54, 1.807) is 0 Å². The average molecular weight is 304 g/mol. The zero-order chi connectivity index (χ0) is 14.8. The minimum Gasteiger partial charge on any atom is -0.330 e. The van der Waals surface area contributed by atoms with Gasteiger partial charge >= 0.3 is 0 Å². The Bertz CT molecular complexity index is 628. The van der Waals surface area contributed by atoms with Gasteiger partial charge in [-0.2, -0.15) is 0 Å². The van der Waals surface area contributed by atoms with E-state index in [2.05, 4.69) is 22.9 Å². The molecule has 1 aromatic carbocycles. The molecule has 0 radical (unpaired) electrons. The molecule has 112 valence electrons. The smallest absolute Gasteiger partial charge is 0.0764 e. The summed E-state index contributed by atoms with van der Waals surface area (Å²) in [6.45, 7) is 5.18. The Hall–Kier alpha value is -1.16. The van der Waals surface area contributed by atoms with E-state index in [9.17, 15) is 0 Å². The van der Waals surface area contributed by atoms with Gasteiger partial charge in [0, 0.05) is 22.6 Å². The third-order valence-electron chi connectivity index (χ3n) is 4.51. The summed E-state index contributed by atoms with van der Waals surface area (Å²) in [5.74, 6) is 0.503. The van der Waals surface area contributed by atoms with Crippen molar-refractivity contribution in [2.45, 2.75) is 25.8 Å². The van der Waals surface area contributed by atoms with Crippen LogP contribution >= 0.6 is 11.6 Å². The number of fused-ring (bicyclic) bond motifs is 1. The molecule has 3 nitrogen and oxygen atoms in total. The second-order valence-electron chi connectivity index (χ2n) is 5.80. The quantitative estimate of drug-likeness (QED) is 0.938. The Labute approximate surface area is 131 Å². The zero-order valence-electron chi connectivity index (χ0n) is 12.4. The molecule has 2 aromatic rings. The van der Waals surface area contributed by atoms with Crippen molar-refractivity contribution in [1.29, 1.82) is 0 Å². The molecular weight excluding hydrogens is 282 g/mol. The van der Waals surface area contributed by atoms with Crippen LogP contribution in [0.4, 0.5) is 0 Å². The van der Waals surface area contributed by atoms with Gasteiger partial charge in [0.1, 0.15) is 0 Å². The van der Waals surface area contributed by atoms with Crippen LogP contribution in [0.1, 0.15) is 31.4 Å². The minimum atomic E-state index is 0.365. The second kappa shape index (κ2) is 6.30. The van der Waals surface area contributed by atoms with Gasteiger partial charge in [-0.05, 0) is 62.2 Å². The van der Waals surface area contributed by atoms with E-state index in [0.717, 1.165) is 48.4 Å². The van der Waals surface area contributed by atoms with Crippen LogP contribution in [0.3, 0.4) is 0 Å². The molecule has 0 saturated carbocycles. The number of hydrogen-bond acceptors (Lipinski definition) is 3. The Kier molecular flexibility index (Phi) is 4.43. The normalized spacial score (nSPS) is 23.0. The van der Waals surface area contributed by atoms with Crippen molar-refractivity contribution in [3.63, 3.8) is 0 Å². The fourth-order valence-electron chi connectivity index (χ4n) is 3.56. The third-order valence-corrected chi connectivity index (χ3v) is 4.84. The summed E-state index contributed by atoms with van der Waals surface area (Å²) in [5, 5.41) is 1.81. The number of halogens is 1. The van der Waals surface area contributed by atoms with Crippen LogP contribution < -0.4 is 5.73 Å². The highest BCUT2D eigenvalue weighted by molar-refractivity contribution is 6.35. The van der Waals surface area contributed by atoms with Crippen molar-refractivity contribution in [3.8, 4) is 0 Å². The summed E-state index contributed by atoms with van der Waals surface area (Å²) in [4.78, 5) is 7.15. The predicted octanol–water partition coefficient (Wildman–Crippen LogP) is 3.62. The molecule has 21 heavy (non-hydrogen) atoms. The van der Waals surface area contributed by atoms with Crippen LogP contribution in [0.15, 0.2) is 30.5 Å². The van der Waals surface area contributed by atoms with Crippen LogP contribution in [0.2, 0.25) is 5.02 Å². The number of nitrogens with two attached hydrogens (primary N) is 1. The first-order valence-corrected chi connectivity index (χ1v) is 8.11. The lowest BCUT2D eigenvalue weighted by atomic mass is 9.92. The van der Waals surface area contributed by atoms with Gasteiger partial charge in [-0.25, -0.2) is 0 Å². The molecule has 3 rings (SSSR count). The topological polar surface area (TPSA) is 42.1 Å². The summed E-state index contributed by atoms with van der Waals surface area (Å²) >= 11 is 6.33. The number of aromatic nitrogens is 1. The van der Waals surface area contributed by atoms with Gasteiger partial charge in [0.2, 0.25) is 0 Å². The van der Waals surface area contributed by atoms with Gasteiger partial charge in [-0.1, -0.05) is 24.6 Å². The molecule has 2 heterocycles. The zero-order valence-corrected chi connectivity index (χ0v) is 13.2. The van der Waals surface area contributed by atoms with Crippen LogP contribution in [0.25, 0.3) is 10.9 Å². The lowest BCUT2D eigenvalue weighted by Crippen LogP contribution is -2.29. The number of hydrogen-bond donors (Lipinski definition) is 1. The molecule has 2 atom stereocenters. The molecule has 1 aliphatic heterocycles. The van der Waals surface area contributed by atoms with E-state index in [1.807, 2.05) is 24.4 Å². The largest absolute Gasteiger partial charge is 0.330 e. The van der Waals surface area contributed by atoms with Crippen molar-refractivity contribution in [2.24, 2.45) is 11.7 Å². The molecule has 0 bridgehead atoms. The molecule has 1 saturated heterocycles. The molecule has 2 unspecified atom stereocenters. The summed E-state index contributed by atoms with van der Waals surface area (Å²) in [6, 6.07) is 8.49. The summed E-state index contributed by atoms with van der Waals surface area (Å²) in [7, 11) is 0. The van der Waals surface area contributed by atoms with Crippen molar-refractivity contribution < 1.29 is 0 Å². The van der Waals surface area contributed by atoms with Gasteiger partial charge in [0.25, 0.3) is 0 Å². The first-order valence-electron chi connectivity index (χ1n) is 7.73. The Balaban J connectivity index is 2.11. The van der Waals surface area contributed by atoms with Crippen molar-refractivity contribution in [1.82, 2.24) is 9.88 Å². The third kappa shape index (κ3) is 2.66. The second-order valence-corrected chi connectivity index (χ2v) is 6.21. The van der Waals surface area contributed by atoms with Gasteiger partial charge < -0.3 is 5.73 Å². The monoisotopic (exact) mass is 303 g/mol. The molecule has 1 aromatic heterocycles. The molecular formula is C17H22ClN3. The molecule has 2 N–H and O–H groups in total. The number of likely N-dealkylation sites (tertiary alicyclic amines) is 1. The van der Waals surface area contributed by atoms with E-state index in [0.29, 0.717) is 12.0 Å². The van der Waals surface area contributed by atoms with Crippen molar-refractivity contribution >= 4 is 22.5 Å². The fourth-order valence-corrected chi connectivity index (χ4v) is 3.78. The molecule has 0 spiro atoms. The number of nitrogens with zero attached hydrogens (tertiary/aromatic N) is 2. The Morgan fingerprint density at radius 3 is 3.00 bits per heavy atom. The minimum absolute atomic E-state index is 0.365. The fraction of sp³-hybridized carbons (Fsp3) is 0.471. The van der Waals surface area contributed by atoms with Crippen LogP contribution in [-0.2, 0) is 0 Å². The van der Waals surface area contributed by atoms with Crippen molar-refractivity contribution in [2.75, 3.05) is 19.6 Å². The lowest BCUT2D eigenvalue weighted by molar-refractivity contribution is 0.232. The average Bonchev–Trinajstić information content (AvgIpc) is 2.91. The van der Waals surface area contributed by atoms with E-state index in [1.165, 1.54) is 5.56 Å². The number of rotatable bonds is 4. The first kappa shape index (κ1) is 14.8. The number of benzene rings is 1. The SMILES string of the molecule is CCCN1CCC(CN)C1c1ccc(Cl)c2cccnc12. The molecule has 1 aliphatic rings. The van der Waals surface area contributed by atoms with Crippen molar-refractivity contribution in [3.05, 3.63) is 41.0 Å². The summed E-state index contributed by atoms with van der Waals surface area (Å²) in [6.07, 6.45) is 4.17. The van der Waals surface area contributed by atoms with Crippen LogP contribution in [-0.4, -0.2) is 29.5 Å². The van der Waals surface area contributed by atoms with E-state index in [-0.39, 0.29) is 0 Å². The molecule has 0 amide bonds. The Morgan fingerprint density at radius 1 is 1.38 bits per heavy atom. The number of pyridine rings is 1. The van der Waals surface area contributed by atoms with E-state index in [4.69, 9.17) is 17.3 Å².